The smallest absolute Gasteiger partial charge is 0.331 e. The summed E-state index contributed by atoms with van der Waals surface area (Å²) in [5.74, 6) is 0.467. The Morgan fingerprint density at radius 3 is 3.15 bits per heavy atom. The van der Waals surface area contributed by atoms with Gasteiger partial charge in [0.25, 0.3) is 0 Å². The Kier molecular flexibility index (Phi) is 2.96. The number of anilines is 1. The van der Waals surface area contributed by atoms with Gasteiger partial charge in [0.1, 0.15) is 6.20 Å². The van der Waals surface area contributed by atoms with Crippen LogP contribution < -0.4 is 4.90 Å². The van der Waals surface area contributed by atoms with Crippen molar-refractivity contribution in [3.8, 4) is 0 Å². The topological polar surface area (TPSA) is 122 Å². The summed E-state index contributed by atoms with van der Waals surface area (Å²) in [5.41, 5.74) is 8.52. The molecule has 0 spiro atoms. The average Bonchev–Trinajstić information content (AvgIpc) is 2.91. The summed E-state index contributed by atoms with van der Waals surface area (Å²) in [6.45, 7) is 0.995. The summed E-state index contributed by atoms with van der Waals surface area (Å²) in [5, 5.41) is 18.7. The molecule has 3 heterocycles. The van der Waals surface area contributed by atoms with Crippen LogP contribution in [0.1, 0.15) is 6.42 Å². The predicted molar refractivity (Wildman–Crippen MR) is 68.3 cm³/mol. The van der Waals surface area contributed by atoms with E-state index in [1.165, 1.54) is 10.9 Å². The fourth-order valence-electron chi connectivity index (χ4n) is 2.91. The molecule has 0 radical (unpaired) electrons. The molecule has 3 atom stereocenters. The highest BCUT2D eigenvalue weighted by molar-refractivity contribution is 5.58. The number of nitrogens with zero attached hydrogens (tertiary/aromatic N) is 7. The number of hydrogen-bond acceptors (Lipinski definition) is 6. The van der Waals surface area contributed by atoms with Gasteiger partial charge in [-0.15, -0.1) is 0 Å². The highest BCUT2D eigenvalue weighted by Crippen LogP contribution is 2.35. The second kappa shape index (κ2) is 4.66. The molecule has 10 nitrogen and oxygen atoms in total. The zero-order chi connectivity index (χ0) is 14.3. The molecule has 20 heavy (non-hydrogen) atoms. The van der Waals surface area contributed by atoms with Gasteiger partial charge in [-0.2, -0.15) is 5.10 Å². The first-order valence-corrected chi connectivity index (χ1v) is 6.21. The summed E-state index contributed by atoms with van der Waals surface area (Å²) < 4.78 is 7.22. The minimum Gasteiger partial charge on any atom is -0.371 e. The monoisotopic (exact) mass is 279 g/mol. The van der Waals surface area contributed by atoms with Gasteiger partial charge in [-0.05, 0) is 12.0 Å². The molecule has 2 saturated heterocycles. The van der Waals surface area contributed by atoms with Gasteiger partial charge in [0.15, 0.2) is 0 Å². The van der Waals surface area contributed by atoms with Crippen LogP contribution in [0.25, 0.3) is 10.4 Å². The Hall–Kier alpha value is -2.32. The Balaban J connectivity index is 1.89. The van der Waals surface area contributed by atoms with Crippen molar-refractivity contribution >= 4 is 11.5 Å². The molecule has 0 aliphatic carbocycles. The summed E-state index contributed by atoms with van der Waals surface area (Å²) in [7, 11) is 1.67. The maximum Gasteiger partial charge on any atom is 0.331 e. The average molecular weight is 279 g/mol. The van der Waals surface area contributed by atoms with Gasteiger partial charge in [-0.1, -0.05) is 5.11 Å². The van der Waals surface area contributed by atoms with Crippen LogP contribution in [0.4, 0.5) is 11.5 Å². The molecule has 3 unspecified atom stereocenters. The lowest BCUT2D eigenvalue weighted by Crippen LogP contribution is -2.45. The van der Waals surface area contributed by atoms with Gasteiger partial charge in [-0.25, -0.2) is 4.68 Å². The van der Waals surface area contributed by atoms with Crippen molar-refractivity contribution in [2.75, 3.05) is 18.0 Å². The highest BCUT2D eigenvalue weighted by Gasteiger charge is 2.43. The second-order valence-electron chi connectivity index (χ2n) is 4.94. The van der Waals surface area contributed by atoms with Crippen LogP contribution in [0.3, 0.4) is 0 Å². The number of azide groups is 1. The van der Waals surface area contributed by atoms with Crippen LogP contribution in [0.5, 0.6) is 0 Å². The molecule has 0 aromatic carbocycles. The molecule has 106 valence electrons. The van der Waals surface area contributed by atoms with Crippen molar-refractivity contribution < 1.29 is 9.66 Å². The van der Waals surface area contributed by atoms with Gasteiger partial charge in [0.2, 0.25) is 5.82 Å². The van der Waals surface area contributed by atoms with E-state index in [2.05, 4.69) is 15.1 Å². The van der Waals surface area contributed by atoms with Gasteiger partial charge >= 0.3 is 5.69 Å². The van der Waals surface area contributed by atoms with Gasteiger partial charge in [-0.3, -0.25) is 10.1 Å². The van der Waals surface area contributed by atoms with Crippen LogP contribution in [0.15, 0.2) is 11.3 Å². The number of aryl methyl sites for hydroxylation is 1. The van der Waals surface area contributed by atoms with Crippen LogP contribution in [-0.2, 0) is 11.8 Å². The molecule has 1 aromatic heterocycles. The van der Waals surface area contributed by atoms with Gasteiger partial charge in [0.05, 0.1) is 23.2 Å². The Morgan fingerprint density at radius 1 is 1.65 bits per heavy atom. The first kappa shape index (κ1) is 12.7. The van der Waals surface area contributed by atoms with E-state index in [1.54, 1.807) is 7.05 Å². The molecular formula is C10H13N7O3. The van der Waals surface area contributed by atoms with E-state index in [-0.39, 0.29) is 23.9 Å². The number of rotatable bonds is 3. The molecule has 10 heteroatoms. The summed E-state index contributed by atoms with van der Waals surface area (Å²) in [4.78, 5) is 15.3. The molecular weight excluding hydrogens is 266 g/mol. The van der Waals surface area contributed by atoms with Crippen LogP contribution in [-0.4, -0.2) is 46.0 Å². The van der Waals surface area contributed by atoms with Crippen molar-refractivity contribution in [2.24, 2.45) is 12.2 Å². The minimum atomic E-state index is -0.440. The van der Waals surface area contributed by atoms with E-state index in [0.717, 1.165) is 0 Å². The lowest BCUT2D eigenvalue weighted by molar-refractivity contribution is -0.384. The molecule has 2 aliphatic heterocycles. The van der Waals surface area contributed by atoms with Crippen molar-refractivity contribution in [2.45, 2.75) is 24.7 Å². The van der Waals surface area contributed by atoms with E-state index < -0.39 is 4.92 Å². The normalized spacial score (nSPS) is 28.2. The number of morpholine rings is 1. The molecule has 2 bridgehead atoms. The molecule has 2 aliphatic rings. The van der Waals surface area contributed by atoms with Crippen LogP contribution in [0.2, 0.25) is 0 Å². The SMILES string of the molecule is Cn1ncc([N+](=O)[O-])c1N1CC2CC(N=[N+]=[N-])C(C1)O2. The standard InChI is InChI=1S/C10H13N7O3/c1-15-10(8(3-12-15)17(18)19)16-4-6-2-7(13-14-11)9(5-16)20-6/h3,6-7,9H,2,4-5H2,1H3. The van der Waals surface area contributed by atoms with Gasteiger partial charge in [0, 0.05) is 25.0 Å². The lowest BCUT2D eigenvalue weighted by Gasteiger charge is -2.33. The quantitative estimate of drug-likeness (QED) is 0.268. The second-order valence-corrected chi connectivity index (χ2v) is 4.94. The fourth-order valence-corrected chi connectivity index (χ4v) is 2.91. The third kappa shape index (κ3) is 1.95. The van der Waals surface area contributed by atoms with E-state index >= 15 is 0 Å². The number of fused-ring (bicyclic) bond motifs is 2. The highest BCUT2D eigenvalue weighted by atomic mass is 16.6. The number of nitro groups is 1. The third-order valence-corrected chi connectivity index (χ3v) is 3.71. The third-order valence-electron chi connectivity index (χ3n) is 3.71. The summed E-state index contributed by atoms with van der Waals surface area (Å²) in [6, 6.07) is -0.206. The number of hydrogen-bond donors (Lipinski definition) is 0. The Labute approximate surface area is 113 Å². The van der Waals surface area contributed by atoms with E-state index in [9.17, 15) is 10.1 Å². The fraction of sp³-hybridized carbons (Fsp3) is 0.700. The van der Waals surface area contributed by atoms with Crippen molar-refractivity contribution in [1.29, 1.82) is 0 Å². The zero-order valence-corrected chi connectivity index (χ0v) is 10.8. The molecule has 1 aromatic rings. The number of ether oxygens (including phenoxy) is 1. The van der Waals surface area contributed by atoms with Gasteiger partial charge < -0.3 is 9.64 Å². The largest absolute Gasteiger partial charge is 0.371 e. The van der Waals surface area contributed by atoms with E-state index in [4.69, 9.17) is 10.3 Å². The lowest BCUT2D eigenvalue weighted by atomic mass is 10.1. The predicted octanol–water partition coefficient (Wildman–Crippen LogP) is 0.985. The van der Waals surface area contributed by atoms with Crippen LogP contribution in [0, 0.1) is 10.1 Å². The molecule has 2 fully saturated rings. The first-order chi connectivity index (χ1) is 9.60. The van der Waals surface area contributed by atoms with Crippen LogP contribution >= 0.6 is 0 Å². The zero-order valence-electron chi connectivity index (χ0n) is 10.8. The first-order valence-electron chi connectivity index (χ1n) is 6.21. The Morgan fingerprint density at radius 2 is 2.45 bits per heavy atom. The Bertz CT molecular complexity index is 594. The van der Waals surface area contributed by atoms with E-state index in [1.807, 2.05) is 4.90 Å². The molecule has 3 rings (SSSR count). The number of aromatic nitrogens is 2. The van der Waals surface area contributed by atoms with E-state index in [0.29, 0.717) is 25.3 Å². The summed E-state index contributed by atoms with van der Waals surface area (Å²) >= 11 is 0. The molecule has 0 N–H and O–H groups in total. The van der Waals surface area contributed by atoms with Crippen molar-refractivity contribution in [3.63, 3.8) is 0 Å². The minimum absolute atomic E-state index is 0.0193. The summed E-state index contributed by atoms with van der Waals surface area (Å²) in [6.07, 6.45) is 1.60. The molecule has 0 amide bonds. The maximum atomic E-state index is 11.1. The van der Waals surface area contributed by atoms with Crippen molar-refractivity contribution in [3.05, 3.63) is 26.8 Å². The maximum absolute atomic E-state index is 11.1. The molecule has 0 saturated carbocycles. The van der Waals surface area contributed by atoms with Crippen molar-refractivity contribution in [1.82, 2.24) is 9.78 Å².